The van der Waals surface area contributed by atoms with Gasteiger partial charge in [-0.2, -0.15) is 4.98 Å². The van der Waals surface area contributed by atoms with E-state index in [9.17, 15) is 0 Å². The van der Waals surface area contributed by atoms with Crippen LogP contribution in [0.2, 0.25) is 25.7 Å². The number of rotatable bonds is 6. The van der Waals surface area contributed by atoms with Crippen LogP contribution in [-0.2, 0) is 11.5 Å². The first-order chi connectivity index (χ1) is 11.0. The second-order valence-electron chi connectivity index (χ2n) is 7.63. The minimum atomic E-state index is -1.03. The van der Waals surface area contributed by atoms with Crippen molar-refractivity contribution in [1.29, 1.82) is 0 Å². The summed E-state index contributed by atoms with van der Waals surface area (Å²) in [6.45, 7) is 10.7. The van der Waals surface area contributed by atoms with Crippen molar-refractivity contribution in [2.45, 2.75) is 51.7 Å². The van der Waals surface area contributed by atoms with E-state index >= 15 is 0 Å². The maximum Gasteiger partial charge on any atom is 0.227 e. The summed E-state index contributed by atoms with van der Waals surface area (Å²) in [6, 6.07) is 3.26. The van der Waals surface area contributed by atoms with Crippen molar-refractivity contribution >= 4 is 25.1 Å². The van der Waals surface area contributed by atoms with Gasteiger partial charge in [0, 0.05) is 45.6 Å². The molecule has 0 atom stereocenters. The first-order valence-electron chi connectivity index (χ1n) is 8.67. The number of hydrogen-bond acceptors (Lipinski definition) is 4. The molecule has 0 amide bonds. The van der Waals surface area contributed by atoms with Gasteiger partial charge in [0.1, 0.15) is 12.4 Å². The van der Waals surface area contributed by atoms with Crippen LogP contribution < -0.4 is 4.90 Å². The summed E-state index contributed by atoms with van der Waals surface area (Å²) in [7, 11) is -1.03. The molecule has 2 aromatic heterocycles. The molecule has 1 saturated heterocycles. The Hall–Kier alpha value is -1.40. The minimum absolute atomic E-state index is 0.574. The van der Waals surface area contributed by atoms with E-state index in [1.165, 1.54) is 25.3 Å². The zero-order chi connectivity index (χ0) is 16.3. The van der Waals surface area contributed by atoms with E-state index in [0.717, 1.165) is 36.7 Å². The third-order valence-electron chi connectivity index (χ3n) is 4.35. The van der Waals surface area contributed by atoms with Gasteiger partial charge in [0.25, 0.3) is 0 Å². The van der Waals surface area contributed by atoms with E-state index in [4.69, 9.17) is 9.72 Å². The quantitative estimate of drug-likeness (QED) is 0.597. The molecule has 3 rings (SSSR count). The van der Waals surface area contributed by atoms with Crippen LogP contribution in [0.4, 0.5) is 5.95 Å². The number of piperidine rings is 1. The Balaban J connectivity index is 1.68. The SMILES string of the molecule is C[Si](C)(C)CCOCn1ccc2cnc(N3CCCCC3)nc21. The summed E-state index contributed by atoms with van der Waals surface area (Å²) in [5.41, 5.74) is 0.980. The van der Waals surface area contributed by atoms with Gasteiger partial charge in [0.15, 0.2) is 0 Å². The number of fused-ring (bicyclic) bond motifs is 1. The van der Waals surface area contributed by atoms with E-state index in [2.05, 4.69) is 40.2 Å². The standard InChI is InChI=1S/C17H28N4OSi/c1-23(2,3)12-11-22-14-21-10-7-15-13-18-17(19-16(15)21)20-8-5-4-6-9-20/h7,10,13H,4-6,8-9,11-12,14H2,1-3H3. The highest BCUT2D eigenvalue weighted by atomic mass is 28.3. The third-order valence-corrected chi connectivity index (χ3v) is 6.06. The summed E-state index contributed by atoms with van der Waals surface area (Å²) in [4.78, 5) is 11.6. The molecular weight excluding hydrogens is 304 g/mol. The largest absolute Gasteiger partial charge is 0.361 e. The predicted octanol–water partition coefficient (Wildman–Crippen LogP) is 3.73. The highest BCUT2D eigenvalue weighted by Gasteiger charge is 2.15. The summed E-state index contributed by atoms with van der Waals surface area (Å²) in [5.74, 6) is 0.860. The molecule has 0 radical (unpaired) electrons. The Bertz CT molecular complexity index is 644. The molecule has 6 heteroatoms. The first kappa shape index (κ1) is 16.5. The Morgan fingerprint density at radius 3 is 2.70 bits per heavy atom. The van der Waals surface area contributed by atoms with Crippen LogP contribution in [-0.4, -0.2) is 42.3 Å². The van der Waals surface area contributed by atoms with E-state index in [1.54, 1.807) is 0 Å². The van der Waals surface area contributed by atoms with Gasteiger partial charge in [-0.05, 0) is 31.4 Å². The Morgan fingerprint density at radius 2 is 1.96 bits per heavy atom. The van der Waals surface area contributed by atoms with Crippen LogP contribution >= 0.6 is 0 Å². The van der Waals surface area contributed by atoms with Gasteiger partial charge >= 0.3 is 0 Å². The molecule has 1 fully saturated rings. The third kappa shape index (κ3) is 4.32. The van der Waals surface area contributed by atoms with Crippen molar-refractivity contribution in [3.8, 4) is 0 Å². The molecule has 0 N–H and O–H groups in total. The van der Waals surface area contributed by atoms with E-state index < -0.39 is 8.07 Å². The highest BCUT2D eigenvalue weighted by molar-refractivity contribution is 6.76. The van der Waals surface area contributed by atoms with Crippen LogP contribution in [0.5, 0.6) is 0 Å². The number of ether oxygens (including phenoxy) is 1. The van der Waals surface area contributed by atoms with Gasteiger partial charge in [-0.15, -0.1) is 0 Å². The van der Waals surface area contributed by atoms with Crippen LogP contribution in [0.3, 0.4) is 0 Å². The fraction of sp³-hybridized carbons (Fsp3) is 0.647. The second-order valence-corrected chi connectivity index (χ2v) is 13.3. The molecule has 0 aliphatic carbocycles. The number of hydrogen-bond donors (Lipinski definition) is 0. The van der Waals surface area contributed by atoms with Gasteiger partial charge in [0.05, 0.1) is 0 Å². The summed E-state index contributed by atoms with van der Waals surface area (Å²) >= 11 is 0. The maximum absolute atomic E-state index is 5.87. The second kappa shape index (κ2) is 7.01. The molecule has 0 aromatic carbocycles. The molecular formula is C17H28N4OSi. The molecule has 3 heterocycles. The van der Waals surface area contributed by atoms with E-state index in [-0.39, 0.29) is 0 Å². The van der Waals surface area contributed by atoms with Crippen molar-refractivity contribution in [3.05, 3.63) is 18.5 Å². The van der Waals surface area contributed by atoms with Gasteiger partial charge in [-0.3, -0.25) is 0 Å². The molecule has 0 unspecified atom stereocenters. The predicted molar refractivity (Wildman–Crippen MR) is 97.7 cm³/mol. The Morgan fingerprint density at radius 1 is 1.17 bits per heavy atom. The summed E-state index contributed by atoms with van der Waals surface area (Å²) in [6.07, 6.45) is 7.78. The lowest BCUT2D eigenvalue weighted by Crippen LogP contribution is -2.31. The molecule has 2 aromatic rings. The fourth-order valence-corrected chi connectivity index (χ4v) is 3.61. The van der Waals surface area contributed by atoms with Crippen molar-refractivity contribution in [1.82, 2.24) is 14.5 Å². The highest BCUT2D eigenvalue weighted by Crippen LogP contribution is 2.20. The van der Waals surface area contributed by atoms with Crippen molar-refractivity contribution in [2.24, 2.45) is 0 Å². The lowest BCUT2D eigenvalue weighted by atomic mass is 10.1. The van der Waals surface area contributed by atoms with Crippen LogP contribution in [0, 0.1) is 0 Å². The normalized spacial score (nSPS) is 16.2. The van der Waals surface area contributed by atoms with Gasteiger partial charge in [-0.1, -0.05) is 19.6 Å². The zero-order valence-electron chi connectivity index (χ0n) is 14.6. The summed E-state index contributed by atoms with van der Waals surface area (Å²) in [5, 5.41) is 1.08. The molecule has 0 bridgehead atoms. The fourth-order valence-electron chi connectivity index (χ4n) is 2.85. The molecule has 0 spiro atoms. The van der Waals surface area contributed by atoms with Crippen molar-refractivity contribution < 1.29 is 4.74 Å². The van der Waals surface area contributed by atoms with Gasteiger partial charge in [0.2, 0.25) is 5.95 Å². The molecule has 1 aliphatic rings. The number of aromatic nitrogens is 3. The van der Waals surface area contributed by atoms with Gasteiger partial charge in [-0.25, -0.2) is 4.98 Å². The summed E-state index contributed by atoms with van der Waals surface area (Å²) < 4.78 is 7.96. The Kier molecular flexibility index (Phi) is 5.01. The van der Waals surface area contributed by atoms with Crippen molar-refractivity contribution in [3.63, 3.8) is 0 Å². The van der Waals surface area contributed by atoms with Crippen LogP contribution in [0.15, 0.2) is 18.5 Å². The number of anilines is 1. The van der Waals surface area contributed by atoms with Crippen LogP contribution in [0.25, 0.3) is 11.0 Å². The Labute approximate surface area is 139 Å². The smallest absolute Gasteiger partial charge is 0.227 e. The average molecular weight is 333 g/mol. The maximum atomic E-state index is 5.87. The lowest BCUT2D eigenvalue weighted by molar-refractivity contribution is 0.0899. The molecule has 23 heavy (non-hydrogen) atoms. The molecule has 0 saturated carbocycles. The minimum Gasteiger partial charge on any atom is -0.361 e. The lowest BCUT2D eigenvalue weighted by Gasteiger charge is -2.26. The first-order valence-corrected chi connectivity index (χ1v) is 12.4. The monoisotopic (exact) mass is 332 g/mol. The zero-order valence-corrected chi connectivity index (χ0v) is 15.6. The topological polar surface area (TPSA) is 43.2 Å². The average Bonchev–Trinajstić information content (AvgIpc) is 2.94. The molecule has 126 valence electrons. The van der Waals surface area contributed by atoms with Crippen LogP contribution in [0.1, 0.15) is 19.3 Å². The van der Waals surface area contributed by atoms with Crippen molar-refractivity contribution in [2.75, 3.05) is 24.6 Å². The van der Waals surface area contributed by atoms with Gasteiger partial charge < -0.3 is 14.2 Å². The van der Waals surface area contributed by atoms with E-state index in [1.807, 2.05) is 12.4 Å². The molecule has 5 nitrogen and oxygen atoms in total. The van der Waals surface area contributed by atoms with E-state index in [0.29, 0.717) is 6.73 Å². The number of nitrogens with zero attached hydrogens (tertiary/aromatic N) is 4. The molecule has 1 aliphatic heterocycles.